The van der Waals surface area contributed by atoms with Gasteiger partial charge in [-0.05, 0) is 47.5 Å². The molecule has 3 nitrogen and oxygen atoms in total. The lowest BCUT2D eigenvalue weighted by Crippen LogP contribution is -2.19. The summed E-state index contributed by atoms with van der Waals surface area (Å²) >= 11 is 0. The highest BCUT2D eigenvalue weighted by Gasteiger charge is 2.31. The fourth-order valence-corrected chi connectivity index (χ4v) is 3.27. The topological polar surface area (TPSA) is 24.8 Å². The van der Waals surface area contributed by atoms with Crippen LogP contribution < -0.4 is 9.75 Å². The molecule has 0 spiro atoms. The van der Waals surface area contributed by atoms with Crippen molar-refractivity contribution < 1.29 is 13.5 Å². The van der Waals surface area contributed by atoms with E-state index in [0.29, 0.717) is 12.1 Å². The van der Waals surface area contributed by atoms with Gasteiger partial charge >= 0.3 is 0 Å². The van der Waals surface area contributed by atoms with Crippen molar-refractivity contribution in [1.82, 2.24) is 0 Å². The maximum atomic E-state index is 14.5. The molecule has 0 fully saturated rings. The molecule has 0 amide bonds. The fourth-order valence-electron chi connectivity index (χ4n) is 3.27. The Morgan fingerprint density at radius 3 is 2.30 bits per heavy atom. The lowest BCUT2D eigenvalue weighted by molar-refractivity contribution is 0.414. The SMILES string of the molecule is COc1ccc([C@@H]2CC(c3ccc(F)cc3)=NN2c2ccccc2F)cc1. The minimum Gasteiger partial charge on any atom is -0.497 e. The number of para-hydroxylation sites is 1. The van der Waals surface area contributed by atoms with E-state index in [9.17, 15) is 8.78 Å². The Hall–Kier alpha value is -3.21. The molecular formula is C22H18F2N2O. The molecule has 0 aromatic heterocycles. The number of hydrogen-bond donors (Lipinski definition) is 0. The van der Waals surface area contributed by atoms with Crippen LogP contribution in [-0.2, 0) is 0 Å². The summed E-state index contributed by atoms with van der Waals surface area (Å²) in [5, 5.41) is 6.38. The molecule has 0 saturated carbocycles. The molecule has 0 N–H and O–H groups in total. The molecule has 1 aliphatic rings. The van der Waals surface area contributed by atoms with E-state index in [0.717, 1.165) is 22.6 Å². The zero-order chi connectivity index (χ0) is 18.8. The van der Waals surface area contributed by atoms with E-state index in [4.69, 9.17) is 4.74 Å². The van der Waals surface area contributed by atoms with Gasteiger partial charge in [-0.15, -0.1) is 0 Å². The monoisotopic (exact) mass is 364 g/mol. The second-order valence-electron chi connectivity index (χ2n) is 6.34. The van der Waals surface area contributed by atoms with Crippen molar-refractivity contribution in [1.29, 1.82) is 0 Å². The molecule has 1 heterocycles. The van der Waals surface area contributed by atoms with Crippen molar-refractivity contribution in [2.24, 2.45) is 5.10 Å². The van der Waals surface area contributed by atoms with Crippen molar-refractivity contribution in [3.63, 3.8) is 0 Å². The summed E-state index contributed by atoms with van der Waals surface area (Å²) in [5.41, 5.74) is 3.03. The molecule has 1 aliphatic heterocycles. The Balaban J connectivity index is 1.75. The van der Waals surface area contributed by atoms with Gasteiger partial charge in [-0.25, -0.2) is 8.78 Å². The second-order valence-corrected chi connectivity index (χ2v) is 6.34. The molecule has 0 bridgehead atoms. The van der Waals surface area contributed by atoms with Crippen LogP contribution in [0.15, 0.2) is 77.9 Å². The molecule has 5 heteroatoms. The first-order chi connectivity index (χ1) is 13.2. The Bertz CT molecular complexity index is 968. The lowest BCUT2D eigenvalue weighted by Gasteiger charge is -2.24. The molecule has 0 aliphatic carbocycles. The lowest BCUT2D eigenvalue weighted by atomic mass is 9.98. The predicted octanol–water partition coefficient (Wildman–Crippen LogP) is 5.33. The van der Waals surface area contributed by atoms with Gasteiger partial charge in [-0.2, -0.15) is 5.10 Å². The summed E-state index contributed by atoms with van der Waals surface area (Å²) in [4.78, 5) is 0. The Labute approximate surface area is 156 Å². The van der Waals surface area contributed by atoms with Crippen molar-refractivity contribution in [3.05, 3.63) is 95.6 Å². The van der Waals surface area contributed by atoms with E-state index in [-0.39, 0.29) is 17.7 Å². The van der Waals surface area contributed by atoms with E-state index in [2.05, 4.69) is 5.10 Å². The van der Waals surface area contributed by atoms with Crippen LogP contribution in [-0.4, -0.2) is 12.8 Å². The molecule has 27 heavy (non-hydrogen) atoms. The molecule has 1 atom stereocenters. The Morgan fingerprint density at radius 1 is 0.926 bits per heavy atom. The number of hydrazone groups is 1. The predicted molar refractivity (Wildman–Crippen MR) is 102 cm³/mol. The van der Waals surface area contributed by atoms with Gasteiger partial charge in [-0.3, -0.25) is 5.01 Å². The van der Waals surface area contributed by atoms with Crippen LogP contribution in [0.25, 0.3) is 0 Å². The van der Waals surface area contributed by atoms with Gasteiger partial charge in [0.1, 0.15) is 17.4 Å². The standard InChI is InChI=1S/C22H18F2N2O/c1-27-18-12-8-16(9-13-18)22-14-20(15-6-10-17(23)11-7-15)25-26(22)21-5-3-2-4-19(21)24/h2-13,22H,14H2,1H3/t22-/m0/s1. The van der Waals surface area contributed by atoms with Crippen molar-refractivity contribution in [2.75, 3.05) is 12.1 Å². The van der Waals surface area contributed by atoms with Gasteiger partial charge in [0.05, 0.1) is 24.6 Å². The largest absolute Gasteiger partial charge is 0.497 e. The molecule has 136 valence electrons. The average molecular weight is 364 g/mol. The maximum absolute atomic E-state index is 14.5. The molecular weight excluding hydrogens is 346 g/mol. The van der Waals surface area contributed by atoms with Crippen LogP contribution in [0, 0.1) is 11.6 Å². The van der Waals surface area contributed by atoms with Gasteiger partial charge in [0.15, 0.2) is 0 Å². The Kier molecular flexibility index (Phi) is 4.59. The number of methoxy groups -OCH3 is 1. The third-order valence-electron chi connectivity index (χ3n) is 4.69. The summed E-state index contributed by atoms with van der Waals surface area (Å²) in [6.45, 7) is 0. The molecule has 4 rings (SSSR count). The quantitative estimate of drug-likeness (QED) is 0.625. The summed E-state index contributed by atoms with van der Waals surface area (Å²) in [6, 6.07) is 20.3. The van der Waals surface area contributed by atoms with E-state index < -0.39 is 0 Å². The van der Waals surface area contributed by atoms with Gasteiger partial charge in [-0.1, -0.05) is 36.4 Å². The van der Waals surface area contributed by atoms with Crippen LogP contribution in [0.2, 0.25) is 0 Å². The van der Waals surface area contributed by atoms with Crippen LogP contribution >= 0.6 is 0 Å². The highest BCUT2D eigenvalue weighted by molar-refractivity contribution is 6.03. The minimum atomic E-state index is -0.333. The average Bonchev–Trinajstić information content (AvgIpc) is 3.14. The highest BCUT2D eigenvalue weighted by Crippen LogP contribution is 2.38. The zero-order valence-electron chi connectivity index (χ0n) is 14.8. The molecule has 0 unspecified atom stereocenters. The van der Waals surface area contributed by atoms with Crippen LogP contribution in [0.4, 0.5) is 14.5 Å². The first-order valence-corrected chi connectivity index (χ1v) is 8.67. The van der Waals surface area contributed by atoms with E-state index in [1.54, 1.807) is 42.5 Å². The number of anilines is 1. The fraction of sp³-hybridized carbons (Fsp3) is 0.136. The van der Waals surface area contributed by atoms with Gasteiger partial charge in [0.2, 0.25) is 0 Å². The minimum absolute atomic E-state index is 0.159. The van der Waals surface area contributed by atoms with Crippen LogP contribution in [0.3, 0.4) is 0 Å². The smallest absolute Gasteiger partial charge is 0.148 e. The van der Waals surface area contributed by atoms with Crippen LogP contribution in [0.1, 0.15) is 23.6 Å². The molecule has 3 aromatic rings. The third kappa shape index (κ3) is 3.40. The van der Waals surface area contributed by atoms with Gasteiger partial charge in [0.25, 0.3) is 0 Å². The number of hydrogen-bond acceptors (Lipinski definition) is 3. The third-order valence-corrected chi connectivity index (χ3v) is 4.69. The number of halogens is 2. The number of benzene rings is 3. The van der Waals surface area contributed by atoms with Crippen molar-refractivity contribution >= 4 is 11.4 Å². The zero-order valence-corrected chi connectivity index (χ0v) is 14.8. The van der Waals surface area contributed by atoms with E-state index in [1.165, 1.54) is 18.2 Å². The van der Waals surface area contributed by atoms with Crippen LogP contribution in [0.5, 0.6) is 5.75 Å². The molecule has 0 saturated heterocycles. The summed E-state index contributed by atoms with van der Waals surface area (Å²) < 4.78 is 32.9. The van der Waals surface area contributed by atoms with Crippen molar-refractivity contribution in [2.45, 2.75) is 12.5 Å². The normalized spacial score (nSPS) is 16.3. The summed E-state index contributed by atoms with van der Waals surface area (Å²) in [5.74, 6) is 0.129. The highest BCUT2D eigenvalue weighted by atomic mass is 19.1. The van der Waals surface area contributed by atoms with Crippen molar-refractivity contribution in [3.8, 4) is 5.75 Å². The number of ether oxygens (including phenoxy) is 1. The molecule has 3 aromatic carbocycles. The van der Waals surface area contributed by atoms with E-state index >= 15 is 0 Å². The van der Waals surface area contributed by atoms with Gasteiger partial charge in [0, 0.05) is 6.42 Å². The number of nitrogens with zero attached hydrogens (tertiary/aromatic N) is 2. The first kappa shape index (κ1) is 17.2. The van der Waals surface area contributed by atoms with Gasteiger partial charge < -0.3 is 4.74 Å². The first-order valence-electron chi connectivity index (χ1n) is 8.67. The molecule has 0 radical (unpaired) electrons. The van der Waals surface area contributed by atoms with E-state index in [1.807, 2.05) is 24.3 Å². The number of rotatable bonds is 4. The second kappa shape index (κ2) is 7.19. The summed E-state index contributed by atoms with van der Waals surface area (Å²) in [6.07, 6.45) is 0.590. The maximum Gasteiger partial charge on any atom is 0.148 e. The Morgan fingerprint density at radius 2 is 1.63 bits per heavy atom. The summed E-state index contributed by atoms with van der Waals surface area (Å²) in [7, 11) is 1.62.